The van der Waals surface area contributed by atoms with Gasteiger partial charge in [0.25, 0.3) is 11.8 Å². The van der Waals surface area contributed by atoms with Gasteiger partial charge in [0.2, 0.25) is 0 Å². The molecule has 2 amide bonds. The van der Waals surface area contributed by atoms with Crippen molar-refractivity contribution in [3.05, 3.63) is 132 Å². The number of imidazole rings is 2. The Morgan fingerprint density at radius 1 is 0.545 bits per heavy atom. The summed E-state index contributed by atoms with van der Waals surface area (Å²) in [7, 11) is 0. The molecule has 0 fully saturated rings. The van der Waals surface area contributed by atoms with Crippen LogP contribution in [0, 0.1) is 11.6 Å². The lowest BCUT2D eigenvalue weighted by atomic mass is 10.1. The fourth-order valence-corrected chi connectivity index (χ4v) is 4.92. The van der Waals surface area contributed by atoms with Gasteiger partial charge in [-0.15, -0.1) is 0 Å². The van der Waals surface area contributed by atoms with E-state index < -0.39 is 23.4 Å². The van der Waals surface area contributed by atoms with E-state index >= 15 is 0 Å². The molecule has 0 aliphatic heterocycles. The first-order valence-electron chi connectivity index (χ1n) is 13.6. The average Bonchev–Trinajstić information content (AvgIpc) is 3.65. The second kappa shape index (κ2) is 10.9. The molecule has 0 saturated heterocycles. The Kier molecular flexibility index (Phi) is 6.63. The zero-order valence-electron chi connectivity index (χ0n) is 22.9. The summed E-state index contributed by atoms with van der Waals surface area (Å²) >= 11 is 0. The second-order valence-corrected chi connectivity index (χ2v) is 10.1. The molecule has 0 unspecified atom stereocenters. The molecular formula is C34H22F2N6O2. The summed E-state index contributed by atoms with van der Waals surface area (Å²) in [5.41, 5.74) is 5.58. The second-order valence-electron chi connectivity index (χ2n) is 10.1. The van der Waals surface area contributed by atoms with Gasteiger partial charge in [0.05, 0.1) is 33.2 Å². The van der Waals surface area contributed by atoms with Gasteiger partial charge in [-0.3, -0.25) is 9.59 Å². The predicted octanol–water partition coefficient (Wildman–Crippen LogP) is 7.56. The normalized spacial score (nSPS) is 11.1. The van der Waals surface area contributed by atoms with Gasteiger partial charge in [-0.2, -0.15) is 0 Å². The Morgan fingerprint density at radius 3 is 1.64 bits per heavy atom. The highest BCUT2D eigenvalue weighted by atomic mass is 19.1. The van der Waals surface area contributed by atoms with Crippen LogP contribution in [0.25, 0.3) is 44.8 Å². The largest absolute Gasteiger partial charge is 0.338 e. The number of rotatable bonds is 6. The lowest BCUT2D eigenvalue weighted by Gasteiger charge is -2.06. The van der Waals surface area contributed by atoms with Crippen LogP contribution in [-0.4, -0.2) is 31.8 Å². The highest BCUT2D eigenvalue weighted by molar-refractivity contribution is 6.05. The highest BCUT2D eigenvalue weighted by Gasteiger charge is 2.14. The van der Waals surface area contributed by atoms with Gasteiger partial charge in [0.15, 0.2) is 0 Å². The number of aromatic nitrogens is 4. The van der Waals surface area contributed by atoms with E-state index in [-0.39, 0.29) is 11.1 Å². The van der Waals surface area contributed by atoms with Crippen molar-refractivity contribution < 1.29 is 18.4 Å². The molecule has 0 atom stereocenters. The van der Waals surface area contributed by atoms with E-state index in [0.717, 1.165) is 22.2 Å². The van der Waals surface area contributed by atoms with Gasteiger partial charge in [-0.1, -0.05) is 24.3 Å². The molecule has 7 rings (SSSR count). The number of hydrogen-bond donors (Lipinski definition) is 4. The van der Waals surface area contributed by atoms with Crippen LogP contribution in [0.2, 0.25) is 0 Å². The molecular weight excluding hydrogens is 562 g/mol. The van der Waals surface area contributed by atoms with Crippen molar-refractivity contribution in [3.8, 4) is 22.8 Å². The summed E-state index contributed by atoms with van der Waals surface area (Å²) in [5, 5.41) is 5.44. The van der Waals surface area contributed by atoms with Gasteiger partial charge in [-0.05, 0) is 84.9 Å². The zero-order valence-corrected chi connectivity index (χ0v) is 22.9. The molecule has 214 valence electrons. The summed E-state index contributed by atoms with van der Waals surface area (Å²) in [4.78, 5) is 41.0. The van der Waals surface area contributed by atoms with Gasteiger partial charge >= 0.3 is 0 Å². The number of nitrogens with zero attached hydrogens (tertiary/aromatic N) is 2. The predicted molar refractivity (Wildman–Crippen MR) is 165 cm³/mol. The Hall–Kier alpha value is -6.16. The molecule has 4 N–H and O–H groups in total. The minimum atomic E-state index is -0.588. The number of H-pyrrole nitrogens is 2. The molecule has 0 saturated carbocycles. The summed E-state index contributed by atoms with van der Waals surface area (Å²) in [6, 6.07) is 29.7. The topological polar surface area (TPSA) is 116 Å². The van der Waals surface area contributed by atoms with E-state index in [1.165, 1.54) is 36.4 Å². The molecule has 0 bridgehead atoms. The summed E-state index contributed by atoms with van der Waals surface area (Å²) < 4.78 is 27.9. The van der Waals surface area contributed by atoms with Crippen molar-refractivity contribution in [2.45, 2.75) is 0 Å². The molecule has 8 nitrogen and oxygen atoms in total. The molecule has 2 heterocycles. The molecule has 0 spiro atoms. The molecule has 0 aliphatic rings. The smallest absolute Gasteiger partial charge is 0.258 e. The number of benzene rings is 5. The minimum Gasteiger partial charge on any atom is -0.338 e. The van der Waals surface area contributed by atoms with Gasteiger partial charge in [0, 0.05) is 22.5 Å². The number of amides is 2. The molecule has 0 aliphatic carbocycles. The third-order valence-corrected chi connectivity index (χ3v) is 7.15. The van der Waals surface area contributed by atoms with Gasteiger partial charge < -0.3 is 20.6 Å². The summed E-state index contributed by atoms with van der Waals surface area (Å²) in [6.07, 6.45) is 0. The van der Waals surface area contributed by atoms with E-state index in [9.17, 15) is 18.4 Å². The van der Waals surface area contributed by atoms with E-state index in [1.807, 2.05) is 30.3 Å². The Morgan fingerprint density at radius 2 is 1.02 bits per heavy atom. The van der Waals surface area contributed by atoms with Crippen molar-refractivity contribution in [1.29, 1.82) is 0 Å². The van der Waals surface area contributed by atoms with E-state index in [2.05, 4.69) is 25.6 Å². The lowest BCUT2D eigenvalue weighted by molar-refractivity contribution is 0.101. The van der Waals surface area contributed by atoms with Gasteiger partial charge in [-0.25, -0.2) is 18.7 Å². The van der Waals surface area contributed by atoms with Crippen LogP contribution in [0.15, 0.2) is 109 Å². The van der Waals surface area contributed by atoms with Crippen LogP contribution in [0.1, 0.15) is 20.7 Å². The monoisotopic (exact) mass is 584 g/mol. The lowest BCUT2D eigenvalue weighted by Crippen LogP contribution is -2.13. The van der Waals surface area contributed by atoms with Crippen LogP contribution in [0.5, 0.6) is 0 Å². The zero-order chi connectivity index (χ0) is 30.2. The van der Waals surface area contributed by atoms with Crippen LogP contribution in [0.4, 0.5) is 20.2 Å². The first-order valence-corrected chi connectivity index (χ1v) is 13.6. The van der Waals surface area contributed by atoms with E-state index in [1.54, 1.807) is 42.5 Å². The van der Waals surface area contributed by atoms with Crippen molar-refractivity contribution in [2.75, 3.05) is 10.6 Å². The average molecular weight is 585 g/mol. The SMILES string of the molecule is O=C(Nc1ccc(-c2nc3ccc(-c4nc5ccc(NC(=O)c6ccccc6F)cc5[nH]4)cc3[nH]2)cc1)c1ccccc1F. The maximum Gasteiger partial charge on any atom is 0.258 e. The molecule has 44 heavy (non-hydrogen) atoms. The molecule has 5 aromatic carbocycles. The molecule has 2 aromatic heterocycles. The Bertz CT molecular complexity index is 2200. The fourth-order valence-electron chi connectivity index (χ4n) is 4.92. The highest BCUT2D eigenvalue weighted by Crippen LogP contribution is 2.28. The molecule has 10 heteroatoms. The van der Waals surface area contributed by atoms with Crippen LogP contribution in [-0.2, 0) is 0 Å². The third kappa shape index (κ3) is 5.16. The first kappa shape index (κ1) is 26.7. The molecule has 0 radical (unpaired) electrons. The van der Waals surface area contributed by atoms with Crippen molar-refractivity contribution in [3.63, 3.8) is 0 Å². The van der Waals surface area contributed by atoms with Crippen molar-refractivity contribution in [2.24, 2.45) is 0 Å². The van der Waals surface area contributed by atoms with Crippen molar-refractivity contribution in [1.82, 2.24) is 19.9 Å². The molecule has 7 aromatic rings. The first-order chi connectivity index (χ1) is 21.4. The van der Waals surface area contributed by atoms with E-state index in [0.29, 0.717) is 34.1 Å². The Balaban J connectivity index is 1.09. The minimum absolute atomic E-state index is 0.0268. The number of fused-ring (bicyclic) bond motifs is 2. The number of hydrogen-bond acceptors (Lipinski definition) is 4. The number of halogens is 2. The maximum atomic E-state index is 14.0. The number of anilines is 2. The quantitative estimate of drug-likeness (QED) is 0.161. The number of carbonyl (C=O) groups excluding carboxylic acids is 2. The summed E-state index contributed by atoms with van der Waals surface area (Å²) in [5.74, 6) is -0.962. The number of aromatic amines is 2. The fraction of sp³-hybridized carbons (Fsp3) is 0. The van der Waals surface area contributed by atoms with Gasteiger partial charge in [0.1, 0.15) is 23.3 Å². The maximum absolute atomic E-state index is 14.0. The van der Waals surface area contributed by atoms with E-state index in [4.69, 9.17) is 4.98 Å². The van der Waals surface area contributed by atoms with Crippen molar-refractivity contribution >= 4 is 45.3 Å². The number of carbonyl (C=O) groups is 2. The third-order valence-electron chi connectivity index (χ3n) is 7.15. The van der Waals surface area contributed by atoms with Crippen LogP contribution < -0.4 is 10.6 Å². The Labute approximate surface area is 248 Å². The van der Waals surface area contributed by atoms with Crippen LogP contribution >= 0.6 is 0 Å². The number of nitrogens with one attached hydrogen (secondary N) is 4. The standard InChI is InChI=1S/C34H22F2N6O2/c35-25-7-3-1-5-23(25)33(43)37-21-12-9-19(10-13-21)31-39-27-15-11-20(17-29(27)41-31)32-40-28-16-14-22(18-30(28)42-32)38-34(44)24-6-2-4-8-26(24)36/h1-18H,(H,37,43)(H,38,44)(H,39,41)(H,40,42). The van der Waals surface area contributed by atoms with Crippen LogP contribution in [0.3, 0.4) is 0 Å². The summed E-state index contributed by atoms with van der Waals surface area (Å²) in [6.45, 7) is 0.